The topological polar surface area (TPSA) is 74.9 Å². The Labute approximate surface area is 213 Å². The predicted octanol–water partition coefficient (Wildman–Crippen LogP) is 5.00. The van der Waals surface area contributed by atoms with E-state index in [0.717, 1.165) is 11.3 Å². The van der Waals surface area contributed by atoms with Crippen LogP contribution in [0.2, 0.25) is 15.1 Å². The number of rotatable bonds is 4. The van der Waals surface area contributed by atoms with E-state index < -0.39 is 5.91 Å². The molecule has 5 nitrogen and oxygen atoms in total. The molecule has 1 amide bonds. The first-order valence-electron chi connectivity index (χ1n) is 9.83. The molecule has 0 fully saturated rings. The van der Waals surface area contributed by atoms with Crippen molar-refractivity contribution in [3.8, 4) is 11.8 Å². The number of carbonyl (C=O) groups is 1. The lowest BCUT2D eigenvalue weighted by Gasteiger charge is -2.07. The quantitative estimate of drug-likeness (QED) is 0.407. The van der Waals surface area contributed by atoms with Crippen LogP contribution >= 0.6 is 46.1 Å². The molecule has 3 aromatic carbocycles. The molecule has 0 aliphatic carbocycles. The fourth-order valence-electron chi connectivity index (χ4n) is 3.17. The van der Waals surface area contributed by atoms with Crippen LogP contribution in [-0.2, 0) is 4.79 Å². The Hall–Kier alpha value is -3.34. The van der Waals surface area contributed by atoms with Gasteiger partial charge in [-0.2, -0.15) is 5.26 Å². The van der Waals surface area contributed by atoms with Gasteiger partial charge >= 0.3 is 0 Å². The highest BCUT2D eigenvalue weighted by molar-refractivity contribution is 7.07. The Kier molecular flexibility index (Phi) is 7.20. The summed E-state index contributed by atoms with van der Waals surface area (Å²) in [6.07, 6.45) is 1.64. The first kappa shape index (κ1) is 23.8. The molecule has 0 spiro atoms. The number of benzene rings is 3. The number of aromatic nitrogens is 1. The molecule has 0 saturated heterocycles. The zero-order valence-electron chi connectivity index (χ0n) is 17.3. The first-order valence-corrected chi connectivity index (χ1v) is 11.8. The molecule has 1 aromatic heterocycles. The van der Waals surface area contributed by atoms with Gasteiger partial charge in [-0.3, -0.25) is 14.2 Å². The van der Waals surface area contributed by atoms with E-state index in [-0.39, 0.29) is 26.5 Å². The van der Waals surface area contributed by atoms with E-state index in [1.807, 2.05) is 12.1 Å². The van der Waals surface area contributed by atoms with Gasteiger partial charge in [-0.15, -0.1) is 11.3 Å². The van der Waals surface area contributed by atoms with Crippen LogP contribution in [0.4, 0.5) is 5.69 Å². The van der Waals surface area contributed by atoms with Gasteiger partial charge in [-0.1, -0.05) is 71.2 Å². The van der Waals surface area contributed by atoms with Crippen LogP contribution in [0.5, 0.6) is 0 Å². The molecule has 0 unspecified atom stereocenters. The summed E-state index contributed by atoms with van der Waals surface area (Å²) >= 11 is 19.4. The summed E-state index contributed by atoms with van der Waals surface area (Å²) in [7, 11) is 0. The molecule has 0 aliphatic rings. The van der Waals surface area contributed by atoms with E-state index in [1.165, 1.54) is 16.7 Å². The average Bonchev–Trinajstić information content (AvgIpc) is 3.14. The number of hydrogen-bond donors (Lipinski definition) is 1. The molecule has 4 aromatic rings. The van der Waals surface area contributed by atoms with E-state index >= 15 is 0 Å². The highest BCUT2D eigenvalue weighted by atomic mass is 35.5. The van der Waals surface area contributed by atoms with Crippen molar-refractivity contribution in [2.75, 3.05) is 5.32 Å². The number of halogens is 3. The van der Waals surface area contributed by atoms with Crippen molar-refractivity contribution < 1.29 is 4.79 Å². The second-order valence-electron chi connectivity index (χ2n) is 6.98. The highest BCUT2D eigenvalue weighted by Crippen LogP contribution is 2.25. The second kappa shape index (κ2) is 10.3. The number of amides is 1. The number of para-hydroxylation sites is 1. The van der Waals surface area contributed by atoms with Crippen LogP contribution in [-0.4, -0.2) is 10.5 Å². The molecule has 0 bridgehead atoms. The number of hydrogen-bond acceptors (Lipinski definition) is 4. The van der Waals surface area contributed by atoms with Gasteiger partial charge in [-0.05, 0) is 48.0 Å². The summed E-state index contributed by atoms with van der Waals surface area (Å²) in [5, 5.41) is 13.6. The van der Waals surface area contributed by atoms with E-state index in [2.05, 4.69) is 5.32 Å². The zero-order valence-corrected chi connectivity index (χ0v) is 20.3. The largest absolute Gasteiger partial charge is 0.320 e. The maximum atomic E-state index is 13.4. The van der Waals surface area contributed by atoms with Gasteiger partial charge in [0.15, 0.2) is 5.57 Å². The maximum absolute atomic E-state index is 13.4. The van der Waals surface area contributed by atoms with Crippen molar-refractivity contribution in [1.82, 2.24) is 4.57 Å². The molecule has 1 N–H and O–H groups in total. The SMILES string of the molecule is N#C/C(C(=O)Nc1ccc(Cl)cc1Cl)=c1\s/c(=C/c2ccccc2Cl)c(=O)n1-c1ccccc1. The van der Waals surface area contributed by atoms with Gasteiger partial charge in [0.1, 0.15) is 10.7 Å². The summed E-state index contributed by atoms with van der Waals surface area (Å²) in [5.41, 5.74) is 0.830. The van der Waals surface area contributed by atoms with Crippen molar-refractivity contribution in [3.63, 3.8) is 0 Å². The summed E-state index contributed by atoms with van der Waals surface area (Å²) in [6, 6.07) is 22.4. The standard InChI is InChI=1S/C25H14Cl3N3O2S/c26-16-10-11-21(20(28)13-16)30-23(32)18(14-29)25-31(17-7-2-1-3-8-17)24(33)22(34-25)12-15-6-4-5-9-19(15)27/h1-13H,(H,30,32)/b22-12+,25-18+. The van der Waals surface area contributed by atoms with Gasteiger partial charge in [0.2, 0.25) is 0 Å². The Morgan fingerprint density at radius 1 is 0.971 bits per heavy atom. The van der Waals surface area contributed by atoms with Crippen molar-refractivity contribution >= 4 is 69.4 Å². The number of nitriles is 1. The number of anilines is 1. The van der Waals surface area contributed by atoms with E-state index in [9.17, 15) is 14.9 Å². The van der Waals surface area contributed by atoms with Crippen LogP contribution < -0.4 is 20.1 Å². The van der Waals surface area contributed by atoms with Gasteiger partial charge in [-0.25, -0.2) is 0 Å². The minimum atomic E-state index is -0.707. The fourth-order valence-corrected chi connectivity index (χ4v) is 4.91. The van der Waals surface area contributed by atoms with E-state index in [0.29, 0.717) is 25.8 Å². The molecule has 0 aliphatic heterocycles. The highest BCUT2D eigenvalue weighted by Gasteiger charge is 2.18. The Morgan fingerprint density at radius 2 is 1.68 bits per heavy atom. The molecule has 168 valence electrons. The Balaban J connectivity index is 1.96. The molecule has 0 atom stereocenters. The molecule has 9 heteroatoms. The predicted molar refractivity (Wildman–Crippen MR) is 138 cm³/mol. The molecular formula is C25H14Cl3N3O2S. The lowest BCUT2D eigenvalue weighted by atomic mass is 10.2. The van der Waals surface area contributed by atoms with Crippen molar-refractivity contribution in [1.29, 1.82) is 5.26 Å². The number of nitrogens with zero attached hydrogens (tertiary/aromatic N) is 2. The summed E-state index contributed by atoms with van der Waals surface area (Å²) in [5.74, 6) is -0.707. The third kappa shape index (κ3) is 4.93. The molecular weight excluding hydrogens is 513 g/mol. The number of carbonyl (C=O) groups excluding carboxylic acids is 1. The summed E-state index contributed by atoms with van der Waals surface area (Å²) in [6.45, 7) is 0. The summed E-state index contributed by atoms with van der Waals surface area (Å²) < 4.78 is 1.84. The lowest BCUT2D eigenvalue weighted by Crippen LogP contribution is -2.32. The average molecular weight is 527 g/mol. The van der Waals surface area contributed by atoms with Crippen LogP contribution in [0.1, 0.15) is 5.56 Å². The fraction of sp³-hybridized carbons (Fsp3) is 0. The lowest BCUT2D eigenvalue weighted by molar-refractivity contribution is -0.111. The van der Waals surface area contributed by atoms with Gasteiger partial charge in [0.25, 0.3) is 11.5 Å². The second-order valence-corrected chi connectivity index (χ2v) is 9.26. The van der Waals surface area contributed by atoms with Crippen LogP contribution in [0.3, 0.4) is 0 Å². The van der Waals surface area contributed by atoms with Crippen molar-refractivity contribution in [2.24, 2.45) is 0 Å². The van der Waals surface area contributed by atoms with Crippen molar-refractivity contribution in [3.05, 3.63) is 113 Å². The minimum absolute atomic E-state index is 0.180. The zero-order chi connectivity index (χ0) is 24.2. The maximum Gasteiger partial charge on any atom is 0.273 e. The number of nitrogens with one attached hydrogen (secondary N) is 1. The Bertz CT molecular complexity index is 1620. The third-order valence-corrected chi connectivity index (χ3v) is 6.75. The Morgan fingerprint density at radius 3 is 2.35 bits per heavy atom. The van der Waals surface area contributed by atoms with Crippen molar-refractivity contribution in [2.45, 2.75) is 0 Å². The molecule has 0 saturated carbocycles. The van der Waals surface area contributed by atoms with Gasteiger partial charge in [0, 0.05) is 10.0 Å². The number of thiazole rings is 1. The monoisotopic (exact) mass is 525 g/mol. The van der Waals surface area contributed by atoms with Gasteiger partial charge in [0.05, 0.1) is 20.9 Å². The van der Waals surface area contributed by atoms with Crippen LogP contribution in [0.15, 0.2) is 77.6 Å². The van der Waals surface area contributed by atoms with Crippen LogP contribution in [0.25, 0.3) is 17.3 Å². The normalized spacial score (nSPS) is 12.2. The molecule has 4 rings (SSSR count). The van der Waals surface area contributed by atoms with E-state index in [1.54, 1.807) is 60.7 Å². The first-order chi connectivity index (χ1) is 16.4. The third-order valence-electron chi connectivity index (χ3n) is 4.76. The summed E-state index contributed by atoms with van der Waals surface area (Å²) in [4.78, 5) is 26.5. The van der Waals surface area contributed by atoms with Gasteiger partial charge < -0.3 is 5.32 Å². The van der Waals surface area contributed by atoms with E-state index in [4.69, 9.17) is 34.8 Å². The van der Waals surface area contributed by atoms with Crippen LogP contribution in [0, 0.1) is 11.3 Å². The molecule has 1 heterocycles. The molecule has 0 radical (unpaired) electrons. The minimum Gasteiger partial charge on any atom is -0.320 e. The smallest absolute Gasteiger partial charge is 0.273 e. The molecule has 34 heavy (non-hydrogen) atoms.